The number of likely N-dealkylation sites (tertiary alicyclic amines) is 1. The fourth-order valence-corrected chi connectivity index (χ4v) is 3.94. The average molecular weight is 378 g/mol. The summed E-state index contributed by atoms with van der Waals surface area (Å²) in [7, 11) is 0. The number of aromatic nitrogens is 1. The van der Waals surface area contributed by atoms with Crippen molar-refractivity contribution in [2.75, 3.05) is 13.1 Å². The van der Waals surface area contributed by atoms with E-state index in [4.69, 9.17) is 11.0 Å². The molecule has 0 bridgehead atoms. The summed E-state index contributed by atoms with van der Waals surface area (Å²) in [5, 5.41) is 18.5. The molecule has 1 fully saturated rings. The molecule has 2 atom stereocenters. The Hall–Kier alpha value is -3.40. The quantitative estimate of drug-likeness (QED) is 0.829. The van der Waals surface area contributed by atoms with E-state index < -0.39 is 12.0 Å². The predicted molar refractivity (Wildman–Crippen MR) is 103 cm³/mol. The molecular weight excluding hydrogens is 356 g/mol. The maximum Gasteiger partial charge on any atom is 0.407 e. The molecule has 2 unspecified atom stereocenters. The second kappa shape index (κ2) is 8.53. The first-order chi connectivity index (χ1) is 13.5. The molecular formula is C21H22N4O3. The molecule has 0 spiro atoms. The summed E-state index contributed by atoms with van der Waals surface area (Å²) < 4.78 is 0. The van der Waals surface area contributed by atoms with Crippen molar-refractivity contribution in [3.63, 3.8) is 0 Å². The van der Waals surface area contributed by atoms with Crippen molar-refractivity contribution < 1.29 is 14.7 Å². The van der Waals surface area contributed by atoms with E-state index >= 15 is 0 Å². The summed E-state index contributed by atoms with van der Waals surface area (Å²) in [6.07, 6.45) is 2.84. The molecule has 0 aliphatic carbocycles. The maximum absolute atomic E-state index is 11.8. The third-order valence-electron chi connectivity index (χ3n) is 5.36. The van der Waals surface area contributed by atoms with Gasteiger partial charge >= 0.3 is 6.09 Å². The summed E-state index contributed by atoms with van der Waals surface area (Å²) in [4.78, 5) is 28.8. The molecule has 1 aliphatic heterocycles. The highest BCUT2D eigenvalue weighted by Crippen LogP contribution is 2.36. The van der Waals surface area contributed by atoms with Crippen molar-refractivity contribution in [3.05, 3.63) is 65.0 Å². The van der Waals surface area contributed by atoms with Crippen LogP contribution >= 0.6 is 0 Å². The zero-order valence-electron chi connectivity index (χ0n) is 15.4. The van der Waals surface area contributed by atoms with E-state index in [9.17, 15) is 14.7 Å². The fourth-order valence-electron chi connectivity index (χ4n) is 3.94. The van der Waals surface area contributed by atoms with Gasteiger partial charge in [0.05, 0.1) is 11.6 Å². The predicted octanol–water partition coefficient (Wildman–Crippen LogP) is 2.77. The van der Waals surface area contributed by atoms with Crippen LogP contribution in [-0.4, -0.2) is 40.1 Å². The lowest BCUT2D eigenvalue weighted by molar-refractivity contribution is 0.0989. The van der Waals surface area contributed by atoms with E-state index in [2.05, 4.69) is 11.1 Å². The zero-order valence-corrected chi connectivity index (χ0v) is 15.4. The highest BCUT2D eigenvalue weighted by atomic mass is 16.4. The monoisotopic (exact) mass is 378 g/mol. The van der Waals surface area contributed by atoms with Gasteiger partial charge in [-0.3, -0.25) is 9.78 Å². The van der Waals surface area contributed by atoms with Crippen molar-refractivity contribution in [1.82, 2.24) is 9.88 Å². The number of carboxylic acid groups (broad SMARTS) is 1. The average Bonchev–Trinajstić information content (AvgIpc) is 2.72. The number of amides is 2. The Morgan fingerprint density at radius 1 is 1.32 bits per heavy atom. The Morgan fingerprint density at radius 2 is 2.14 bits per heavy atom. The molecule has 28 heavy (non-hydrogen) atoms. The third kappa shape index (κ3) is 4.29. The molecule has 0 radical (unpaired) electrons. The van der Waals surface area contributed by atoms with Gasteiger partial charge in [-0.2, -0.15) is 5.26 Å². The van der Waals surface area contributed by atoms with Crippen molar-refractivity contribution in [3.8, 4) is 6.07 Å². The second-order valence-corrected chi connectivity index (χ2v) is 7.04. The standard InChI is InChI=1S/C21H22N4O3/c22-12-15-4-1-3-14(11-15)6-7-16-8-10-25(21(27)28)13-18(16)17-5-2-9-24-19(17)20(23)26/h1-5,9,11,16,18H,6-8,10,13H2,(H2,23,26)(H,27,28). The Morgan fingerprint density at radius 3 is 2.86 bits per heavy atom. The molecule has 2 aromatic rings. The van der Waals surface area contributed by atoms with Crippen LogP contribution in [0.2, 0.25) is 0 Å². The van der Waals surface area contributed by atoms with Crippen LogP contribution in [-0.2, 0) is 6.42 Å². The van der Waals surface area contributed by atoms with E-state index in [0.29, 0.717) is 30.6 Å². The van der Waals surface area contributed by atoms with Crippen LogP contribution < -0.4 is 5.73 Å². The van der Waals surface area contributed by atoms with Gasteiger partial charge in [0.2, 0.25) is 0 Å². The van der Waals surface area contributed by atoms with Crippen LogP contribution in [0.25, 0.3) is 0 Å². The molecule has 1 aromatic carbocycles. The molecule has 2 amide bonds. The van der Waals surface area contributed by atoms with Gasteiger partial charge in [0.25, 0.3) is 5.91 Å². The molecule has 7 nitrogen and oxygen atoms in total. The number of nitrogens with two attached hydrogens (primary N) is 1. The van der Waals surface area contributed by atoms with Crippen LogP contribution in [0.5, 0.6) is 0 Å². The summed E-state index contributed by atoms with van der Waals surface area (Å²) in [5.74, 6) is -0.577. The number of pyridine rings is 1. The minimum atomic E-state index is -0.963. The number of primary amides is 1. The third-order valence-corrected chi connectivity index (χ3v) is 5.36. The smallest absolute Gasteiger partial charge is 0.407 e. The maximum atomic E-state index is 11.8. The van der Waals surface area contributed by atoms with Gasteiger partial charge in [0, 0.05) is 25.2 Å². The number of nitrogens with zero attached hydrogens (tertiary/aromatic N) is 3. The first-order valence-corrected chi connectivity index (χ1v) is 9.21. The Bertz CT molecular complexity index is 922. The van der Waals surface area contributed by atoms with Crippen LogP contribution in [0.15, 0.2) is 42.6 Å². The molecule has 2 heterocycles. The number of piperidine rings is 1. The van der Waals surface area contributed by atoms with Crippen LogP contribution in [0, 0.1) is 17.2 Å². The van der Waals surface area contributed by atoms with E-state index in [1.54, 1.807) is 12.1 Å². The SMILES string of the molecule is N#Cc1cccc(CCC2CCN(C(=O)O)CC2c2cccnc2C(N)=O)c1. The molecule has 3 N–H and O–H groups in total. The van der Waals surface area contributed by atoms with E-state index in [-0.39, 0.29) is 17.5 Å². The number of carbonyl (C=O) groups is 2. The van der Waals surface area contributed by atoms with Crippen molar-refractivity contribution in [2.24, 2.45) is 11.7 Å². The lowest BCUT2D eigenvalue weighted by atomic mass is 9.77. The molecule has 1 saturated heterocycles. The van der Waals surface area contributed by atoms with E-state index in [1.165, 1.54) is 11.1 Å². The van der Waals surface area contributed by atoms with Gasteiger partial charge in [-0.15, -0.1) is 0 Å². The Kier molecular flexibility index (Phi) is 5.90. The fraction of sp³-hybridized carbons (Fsp3) is 0.333. The molecule has 1 aliphatic rings. The lowest BCUT2D eigenvalue weighted by Gasteiger charge is -2.38. The highest BCUT2D eigenvalue weighted by Gasteiger charge is 2.34. The van der Waals surface area contributed by atoms with Gasteiger partial charge in [-0.1, -0.05) is 18.2 Å². The minimum absolute atomic E-state index is 0.153. The number of nitriles is 1. The number of rotatable bonds is 5. The van der Waals surface area contributed by atoms with Crippen LogP contribution in [0.4, 0.5) is 4.79 Å². The first kappa shape index (κ1) is 19.4. The first-order valence-electron chi connectivity index (χ1n) is 9.21. The van der Waals surface area contributed by atoms with Gasteiger partial charge < -0.3 is 15.7 Å². The Labute approximate surface area is 163 Å². The zero-order chi connectivity index (χ0) is 20.1. The molecule has 0 saturated carbocycles. The van der Waals surface area contributed by atoms with Crippen molar-refractivity contribution in [2.45, 2.75) is 25.2 Å². The Balaban J connectivity index is 1.85. The summed E-state index contributed by atoms with van der Waals surface area (Å²) in [6.45, 7) is 0.769. The topological polar surface area (TPSA) is 120 Å². The van der Waals surface area contributed by atoms with Crippen molar-refractivity contribution in [1.29, 1.82) is 5.26 Å². The lowest BCUT2D eigenvalue weighted by Crippen LogP contribution is -2.42. The molecule has 1 aromatic heterocycles. The van der Waals surface area contributed by atoms with Crippen LogP contribution in [0.1, 0.15) is 45.9 Å². The normalized spacial score (nSPS) is 19.0. The number of hydrogen-bond donors (Lipinski definition) is 2. The second-order valence-electron chi connectivity index (χ2n) is 7.04. The van der Waals surface area contributed by atoms with Gasteiger partial charge in [0.1, 0.15) is 5.69 Å². The summed E-state index contributed by atoms with van der Waals surface area (Å²) in [5.41, 5.74) is 8.10. The minimum Gasteiger partial charge on any atom is -0.465 e. The molecule has 3 rings (SSSR count). The van der Waals surface area contributed by atoms with Crippen molar-refractivity contribution >= 4 is 12.0 Å². The summed E-state index contributed by atoms with van der Waals surface area (Å²) in [6, 6.07) is 13.2. The van der Waals surface area contributed by atoms with Gasteiger partial charge in [-0.05, 0) is 54.5 Å². The van der Waals surface area contributed by atoms with Gasteiger partial charge in [-0.25, -0.2) is 4.79 Å². The number of aryl methyl sites for hydroxylation is 1. The molecule has 144 valence electrons. The van der Waals surface area contributed by atoms with E-state index in [0.717, 1.165) is 18.4 Å². The highest BCUT2D eigenvalue weighted by molar-refractivity contribution is 5.92. The number of carbonyl (C=O) groups excluding carboxylic acids is 1. The van der Waals surface area contributed by atoms with Gasteiger partial charge in [0.15, 0.2) is 0 Å². The molecule has 7 heteroatoms. The largest absolute Gasteiger partial charge is 0.465 e. The summed E-state index contributed by atoms with van der Waals surface area (Å²) >= 11 is 0. The van der Waals surface area contributed by atoms with E-state index in [1.807, 2.05) is 24.3 Å². The number of hydrogen-bond acceptors (Lipinski definition) is 4. The van der Waals surface area contributed by atoms with Crippen LogP contribution in [0.3, 0.4) is 0 Å². The number of benzene rings is 1.